The third-order valence-corrected chi connectivity index (χ3v) is 6.81. The molecule has 5 rings (SSSR count). The number of carbonyl (C=O) groups is 2. The predicted octanol–water partition coefficient (Wildman–Crippen LogP) is 3.22. The fraction of sp³-hybridized carbons (Fsp3) is 0.435. The molecule has 1 saturated heterocycles. The van der Waals surface area contributed by atoms with Crippen molar-refractivity contribution in [2.45, 2.75) is 43.6 Å². The molecule has 162 valence electrons. The number of piperidine rings is 1. The number of halogens is 1. The lowest BCUT2D eigenvalue weighted by Crippen LogP contribution is -2.50. The SMILES string of the molecule is NC(=O)c1cc(OC2CCN(C(=O)N3CC4(CCC4)c4c(F)cccc43)CC2)ccn1. The van der Waals surface area contributed by atoms with Gasteiger partial charge in [0.15, 0.2) is 0 Å². The molecule has 0 unspecified atom stereocenters. The first-order valence-electron chi connectivity index (χ1n) is 10.7. The smallest absolute Gasteiger partial charge is 0.324 e. The number of fused-ring (bicyclic) bond motifs is 2. The normalized spacial score (nSPS) is 19.8. The van der Waals surface area contributed by atoms with Crippen LogP contribution in [0.3, 0.4) is 0 Å². The molecule has 1 aliphatic carbocycles. The fourth-order valence-corrected chi connectivity index (χ4v) is 5.06. The highest BCUT2D eigenvalue weighted by atomic mass is 19.1. The molecule has 8 heteroatoms. The summed E-state index contributed by atoms with van der Waals surface area (Å²) in [6.45, 7) is 1.68. The van der Waals surface area contributed by atoms with Crippen LogP contribution >= 0.6 is 0 Å². The quantitative estimate of drug-likeness (QED) is 0.819. The number of urea groups is 1. The molecule has 2 N–H and O–H groups in total. The Hall–Kier alpha value is -3.16. The molecule has 2 fully saturated rings. The van der Waals surface area contributed by atoms with Crippen LogP contribution in [0.4, 0.5) is 14.9 Å². The first-order chi connectivity index (χ1) is 15.0. The molecule has 1 aromatic carbocycles. The number of ether oxygens (including phenoxy) is 1. The van der Waals surface area contributed by atoms with E-state index >= 15 is 0 Å². The number of carbonyl (C=O) groups excluding carboxylic acids is 2. The van der Waals surface area contributed by atoms with Gasteiger partial charge in [-0.05, 0) is 31.0 Å². The molecule has 2 aromatic rings. The Labute approximate surface area is 180 Å². The van der Waals surface area contributed by atoms with Crippen LogP contribution < -0.4 is 15.4 Å². The zero-order chi connectivity index (χ0) is 21.6. The number of benzene rings is 1. The summed E-state index contributed by atoms with van der Waals surface area (Å²) in [4.78, 5) is 32.1. The van der Waals surface area contributed by atoms with Crippen molar-refractivity contribution in [3.05, 3.63) is 53.6 Å². The van der Waals surface area contributed by atoms with Crippen molar-refractivity contribution >= 4 is 17.6 Å². The van der Waals surface area contributed by atoms with E-state index in [0.717, 1.165) is 30.5 Å². The van der Waals surface area contributed by atoms with Crippen molar-refractivity contribution < 1.29 is 18.7 Å². The third kappa shape index (κ3) is 3.40. The average Bonchev–Trinajstić information content (AvgIpc) is 3.11. The molecule has 0 radical (unpaired) electrons. The van der Waals surface area contributed by atoms with Gasteiger partial charge in [-0.3, -0.25) is 14.7 Å². The van der Waals surface area contributed by atoms with E-state index in [4.69, 9.17) is 10.5 Å². The van der Waals surface area contributed by atoms with Gasteiger partial charge in [0.1, 0.15) is 23.4 Å². The van der Waals surface area contributed by atoms with E-state index in [0.29, 0.717) is 38.2 Å². The standard InChI is InChI=1S/C23H25FN4O3/c24-17-3-1-4-19-20(17)23(8-2-9-23)14-28(19)22(30)27-11-6-15(7-12-27)31-16-5-10-26-18(13-16)21(25)29/h1,3-5,10,13,15H,2,6-9,11-12,14H2,(H2,25,29). The molecule has 31 heavy (non-hydrogen) atoms. The molecule has 7 nitrogen and oxygen atoms in total. The maximum Gasteiger partial charge on any atom is 0.324 e. The molecule has 3 amide bonds. The van der Waals surface area contributed by atoms with E-state index in [-0.39, 0.29) is 29.1 Å². The molecule has 3 aliphatic rings. The van der Waals surface area contributed by atoms with Gasteiger partial charge in [-0.25, -0.2) is 9.18 Å². The lowest BCUT2D eigenvalue weighted by molar-refractivity contribution is 0.0989. The van der Waals surface area contributed by atoms with Crippen LogP contribution in [0.1, 0.15) is 48.2 Å². The Morgan fingerprint density at radius 2 is 1.97 bits per heavy atom. The van der Waals surface area contributed by atoms with E-state index in [1.54, 1.807) is 17.0 Å². The van der Waals surface area contributed by atoms with Crippen LogP contribution in [0.2, 0.25) is 0 Å². The summed E-state index contributed by atoms with van der Waals surface area (Å²) >= 11 is 0. The number of primary amides is 1. The first-order valence-corrected chi connectivity index (χ1v) is 10.7. The largest absolute Gasteiger partial charge is 0.490 e. The van der Waals surface area contributed by atoms with Gasteiger partial charge in [-0.2, -0.15) is 0 Å². The molecule has 1 aromatic heterocycles. The first kappa shape index (κ1) is 19.8. The number of aromatic nitrogens is 1. The average molecular weight is 424 g/mol. The molecule has 1 saturated carbocycles. The highest BCUT2D eigenvalue weighted by Gasteiger charge is 2.50. The van der Waals surface area contributed by atoms with E-state index in [1.807, 2.05) is 11.0 Å². The van der Waals surface area contributed by atoms with Crippen LogP contribution in [0.25, 0.3) is 0 Å². The van der Waals surface area contributed by atoms with Crippen molar-refractivity contribution in [3.8, 4) is 5.75 Å². The number of rotatable bonds is 3. The lowest BCUT2D eigenvalue weighted by atomic mass is 9.65. The van der Waals surface area contributed by atoms with Gasteiger partial charge in [-0.15, -0.1) is 0 Å². The van der Waals surface area contributed by atoms with Crippen LogP contribution in [-0.4, -0.2) is 47.6 Å². The van der Waals surface area contributed by atoms with Gasteiger partial charge in [0.2, 0.25) is 0 Å². The van der Waals surface area contributed by atoms with Crippen molar-refractivity contribution in [2.24, 2.45) is 5.73 Å². The Morgan fingerprint density at radius 3 is 2.65 bits per heavy atom. The number of anilines is 1. The van der Waals surface area contributed by atoms with E-state index < -0.39 is 5.91 Å². The number of hydrogen-bond acceptors (Lipinski definition) is 4. The number of likely N-dealkylation sites (tertiary alicyclic amines) is 1. The van der Waals surface area contributed by atoms with Crippen molar-refractivity contribution in [2.75, 3.05) is 24.5 Å². The summed E-state index contributed by atoms with van der Waals surface area (Å²) in [5.41, 5.74) is 6.66. The summed E-state index contributed by atoms with van der Waals surface area (Å²) in [5.74, 6) is -0.255. The summed E-state index contributed by atoms with van der Waals surface area (Å²) < 4.78 is 20.6. The number of nitrogens with two attached hydrogens (primary N) is 1. The van der Waals surface area contributed by atoms with E-state index in [1.165, 1.54) is 18.3 Å². The zero-order valence-electron chi connectivity index (χ0n) is 17.2. The molecular weight excluding hydrogens is 399 g/mol. The second-order valence-corrected chi connectivity index (χ2v) is 8.68. The Morgan fingerprint density at radius 1 is 1.19 bits per heavy atom. The highest BCUT2D eigenvalue weighted by Crippen LogP contribution is 2.53. The van der Waals surface area contributed by atoms with Crippen LogP contribution in [0.15, 0.2) is 36.5 Å². The second kappa shape index (κ2) is 7.51. The lowest BCUT2D eigenvalue weighted by Gasteiger charge is -2.40. The molecule has 3 heterocycles. The second-order valence-electron chi connectivity index (χ2n) is 8.68. The Kier molecular flexibility index (Phi) is 4.79. The third-order valence-electron chi connectivity index (χ3n) is 6.81. The van der Waals surface area contributed by atoms with Crippen molar-refractivity contribution in [1.82, 2.24) is 9.88 Å². The minimum absolute atomic E-state index is 0.0611. The van der Waals surface area contributed by atoms with Crippen LogP contribution in [0.5, 0.6) is 5.75 Å². The van der Waals surface area contributed by atoms with Crippen molar-refractivity contribution in [1.29, 1.82) is 0 Å². The minimum Gasteiger partial charge on any atom is -0.490 e. The van der Waals surface area contributed by atoms with Gasteiger partial charge < -0.3 is 15.4 Å². The molecule has 0 bridgehead atoms. The van der Waals surface area contributed by atoms with E-state index in [9.17, 15) is 14.0 Å². The molecule has 2 aliphatic heterocycles. The Bertz CT molecular complexity index is 1030. The molecule has 0 atom stereocenters. The summed E-state index contributed by atoms with van der Waals surface area (Å²) in [7, 11) is 0. The maximum atomic E-state index is 14.6. The van der Waals surface area contributed by atoms with Crippen LogP contribution in [-0.2, 0) is 5.41 Å². The number of pyridine rings is 1. The Balaban J connectivity index is 1.25. The number of amides is 3. The topological polar surface area (TPSA) is 88.8 Å². The van der Waals surface area contributed by atoms with Gasteiger partial charge in [0.25, 0.3) is 5.91 Å². The predicted molar refractivity (Wildman–Crippen MR) is 113 cm³/mol. The van der Waals surface area contributed by atoms with Crippen molar-refractivity contribution in [3.63, 3.8) is 0 Å². The zero-order valence-corrected chi connectivity index (χ0v) is 17.2. The summed E-state index contributed by atoms with van der Waals surface area (Å²) in [6, 6.07) is 8.21. The van der Waals surface area contributed by atoms with Gasteiger partial charge in [0.05, 0.1) is 5.69 Å². The fourth-order valence-electron chi connectivity index (χ4n) is 5.06. The minimum atomic E-state index is -0.600. The number of nitrogens with zero attached hydrogens (tertiary/aromatic N) is 3. The van der Waals surface area contributed by atoms with Gasteiger partial charge in [0, 0.05) is 55.7 Å². The number of hydrogen-bond donors (Lipinski definition) is 1. The highest BCUT2D eigenvalue weighted by molar-refractivity contribution is 5.95. The molecule has 1 spiro atoms. The van der Waals surface area contributed by atoms with Gasteiger partial charge >= 0.3 is 6.03 Å². The van der Waals surface area contributed by atoms with Crippen LogP contribution in [0, 0.1) is 5.82 Å². The maximum absolute atomic E-state index is 14.6. The van der Waals surface area contributed by atoms with E-state index in [2.05, 4.69) is 4.98 Å². The monoisotopic (exact) mass is 424 g/mol. The summed E-state index contributed by atoms with van der Waals surface area (Å²) in [5, 5.41) is 0. The molecular formula is C23H25FN4O3. The van der Waals surface area contributed by atoms with Gasteiger partial charge in [-0.1, -0.05) is 12.5 Å². The summed E-state index contributed by atoms with van der Waals surface area (Å²) in [6.07, 6.45) is 5.72.